The molecule has 0 spiro atoms. The lowest BCUT2D eigenvalue weighted by molar-refractivity contribution is 0.103. The first-order valence-corrected chi connectivity index (χ1v) is 7.29. The van der Waals surface area contributed by atoms with E-state index in [9.17, 15) is 4.79 Å². The van der Waals surface area contributed by atoms with Crippen LogP contribution >= 0.6 is 57.1 Å². The quantitative estimate of drug-likeness (QED) is 0.716. The van der Waals surface area contributed by atoms with E-state index < -0.39 is 0 Å². The van der Waals surface area contributed by atoms with Gasteiger partial charge in [0.2, 0.25) is 0 Å². The Bertz CT molecular complexity index is 570. The van der Waals surface area contributed by atoms with Crippen molar-refractivity contribution in [1.29, 1.82) is 0 Å². The summed E-state index contributed by atoms with van der Waals surface area (Å²) in [6, 6.07) is 6.99. The Kier molecular flexibility index (Phi) is 4.30. The molecule has 2 rings (SSSR count). The molecule has 1 amide bonds. The molecule has 1 aromatic heterocycles. The van der Waals surface area contributed by atoms with Crippen LogP contribution in [0.3, 0.4) is 0 Å². The minimum Gasteiger partial charge on any atom is -0.320 e. The molecule has 0 aliphatic carbocycles. The van der Waals surface area contributed by atoms with Gasteiger partial charge in [0.25, 0.3) is 5.91 Å². The van der Waals surface area contributed by atoms with Gasteiger partial charge in [-0.25, -0.2) is 0 Å². The van der Waals surface area contributed by atoms with Crippen LogP contribution in [-0.4, -0.2) is 5.91 Å². The predicted octanol–water partition coefficient (Wildman–Crippen LogP) is 4.91. The van der Waals surface area contributed by atoms with Gasteiger partial charge in [0.15, 0.2) is 0 Å². The Hall–Kier alpha value is -0.300. The maximum atomic E-state index is 11.9. The number of carbonyl (C=O) groups excluding carboxylic acids is 1. The summed E-state index contributed by atoms with van der Waals surface area (Å²) in [5.41, 5.74) is 0.726. The molecule has 0 saturated heterocycles. The van der Waals surface area contributed by atoms with Crippen LogP contribution < -0.4 is 5.32 Å². The first kappa shape index (κ1) is 13.1. The SMILES string of the molecule is O=C(Nc1ccc(Cl)cc1I)c1sccc1Cl. The van der Waals surface area contributed by atoms with Crippen LogP contribution in [-0.2, 0) is 0 Å². The van der Waals surface area contributed by atoms with Crippen molar-refractivity contribution >= 4 is 68.7 Å². The molecular weight excluding hydrogens is 392 g/mol. The predicted molar refractivity (Wildman–Crippen MR) is 81.5 cm³/mol. The Morgan fingerprint density at radius 2 is 2.06 bits per heavy atom. The van der Waals surface area contributed by atoms with Crippen LogP contribution in [0.15, 0.2) is 29.6 Å². The van der Waals surface area contributed by atoms with Crippen LogP contribution in [0, 0.1) is 3.57 Å². The summed E-state index contributed by atoms with van der Waals surface area (Å²) in [5.74, 6) is -0.203. The number of hydrogen-bond acceptors (Lipinski definition) is 2. The third kappa shape index (κ3) is 3.13. The zero-order chi connectivity index (χ0) is 12.4. The van der Waals surface area contributed by atoms with Gasteiger partial charge in [-0.2, -0.15) is 0 Å². The summed E-state index contributed by atoms with van der Waals surface area (Å²) in [5, 5.41) is 5.69. The van der Waals surface area contributed by atoms with E-state index in [2.05, 4.69) is 27.9 Å². The average Bonchev–Trinajstić information content (AvgIpc) is 2.68. The summed E-state index contributed by atoms with van der Waals surface area (Å²) in [6.45, 7) is 0. The number of amides is 1. The Labute approximate surface area is 126 Å². The summed E-state index contributed by atoms with van der Waals surface area (Å²) >= 11 is 15.2. The molecule has 0 unspecified atom stereocenters. The topological polar surface area (TPSA) is 29.1 Å². The van der Waals surface area contributed by atoms with Gasteiger partial charge in [0, 0.05) is 8.59 Å². The van der Waals surface area contributed by atoms with E-state index >= 15 is 0 Å². The van der Waals surface area contributed by atoms with Crippen LogP contribution in [0.2, 0.25) is 10.0 Å². The lowest BCUT2D eigenvalue weighted by atomic mass is 10.3. The van der Waals surface area contributed by atoms with E-state index in [1.807, 2.05) is 0 Å². The maximum absolute atomic E-state index is 11.9. The standard InChI is InChI=1S/C11H6Cl2INOS/c12-6-1-2-9(8(14)5-6)15-11(16)10-7(13)3-4-17-10/h1-5H,(H,15,16). The van der Waals surface area contributed by atoms with Crippen molar-refractivity contribution in [3.8, 4) is 0 Å². The third-order valence-corrected chi connectivity index (χ3v) is 4.47. The zero-order valence-electron chi connectivity index (χ0n) is 8.34. The Morgan fingerprint density at radius 3 is 2.65 bits per heavy atom. The van der Waals surface area contributed by atoms with E-state index in [4.69, 9.17) is 23.2 Å². The minimum absolute atomic E-state index is 0.203. The first-order valence-electron chi connectivity index (χ1n) is 4.57. The molecule has 0 aliphatic rings. The number of nitrogens with one attached hydrogen (secondary N) is 1. The van der Waals surface area contributed by atoms with Crippen molar-refractivity contribution in [3.05, 3.63) is 48.1 Å². The molecule has 2 aromatic rings. The smallest absolute Gasteiger partial charge is 0.267 e. The molecule has 88 valence electrons. The molecule has 0 atom stereocenters. The van der Waals surface area contributed by atoms with Crippen molar-refractivity contribution in [1.82, 2.24) is 0 Å². The van der Waals surface area contributed by atoms with Gasteiger partial charge in [0.1, 0.15) is 4.88 Å². The van der Waals surface area contributed by atoms with Crippen molar-refractivity contribution in [2.24, 2.45) is 0 Å². The summed E-state index contributed by atoms with van der Waals surface area (Å²) in [4.78, 5) is 12.4. The lowest BCUT2D eigenvalue weighted by Crippen LogP contribution is -2.11. The molecule has 0 saturated carbocycles. The van der Waals surface area contributed by atoms with Gasteiger partial charge < -0.3 is 5.32 Å². The monoisotopic (exact) mass is 397 g/mol. The maximum Gasteiger partial charge on any atom is 0.267 e. The molecule has 6 heteroatoms. The van der Waals surface area contributed by atoms with Gasteiger partial charge in [-0.1, -0.05) is 23.2 Å². The van der Waals surface area contributed by atoms with Crippen molar-refractivity contribution in [3.63, 3.8) is 0 Å². The van der Waals surface area contributed by atoms with E-state index in [0.717, 1.165) is 9.26 Å². The van der Waals surface area contributed by atoms with Crippen LogP contribution in [0.25, 0.3) is 0 Å². The highest BCUT2D eigenvalue weighted by molar-refractivity contribution is 14.1. The van der Waals surface area contributed by atoms with Gasteiger partial charge in [-0.05, 0) is 52.2 Å². The fraction of sp³-hybridized carbons (Fsp3) is 0. The van der Waals surface area contributed by atoms with E-state index in [0.29, 0.717) is 14.9 Å². The largest absolute Gasteiger partial charge is 0.320 e. The van der Waals surface area contributed by atoms with Crippen molar-refractivity contribution in [2.75, 3.05) is 5.32 Å². The second kappa shape index (κ2) is 5.56. The third-order valence-electron chi connectivity index (χ3n) is 2.00. The van der Waals surface area contributed by atoms with Gasteiger partial charge in [0.05, 0.1) is 10.7 Å². The molecule has 1 aromatic carbocycles. The molecule has 1 heterocycles. The van der Waals surface area contributed by atoms with Gasteiger partial charge in [-0.15, -0.1) is 11.3 Å². The highest BCUT2D eigenvalue weighted by atomic mass is 127. The molecular formula is C11H6Cl2INOS. The molecule has 0 aliphatic heterocycles. The second-order valence-corrected chi connectivity index (χ2v) is 6.10. The fourth-order valence-electron chi connectivity index (χ4n) is 1.23. The van der Waals surface area contributed by atoms with Crippen LogP contribution in [0.4, 0.5) is 5.69 Å². The minimum atomic E-state index is -0.203. The normalized spacial score (nSPS) is 10.3. The number of carbonyl (C=O) groups is 1. The molecule has 2 nitrogen and oxygen atoms in total. The summed E-state index contributed by atoms with van der Waals surface area (Å²) in [7, 11) is 0. The van der Waals surface area contributed by atoms with E-state index in [-0.39, 0.29) is 5.91 Å². The van der Waals surface area contributed by atoms with Gasteiger partial charge >= 0.3 is 0 Å². The summed E-state index contributed by atoms with van der Waals surface area (Å²) < 4.78 is 0.885. The van der Waals surface area contributed by atoms with Crippen LogP contribution in [0.1, 0.15) is 9.67 Å². The summed E-state index contributed by atoms with van der Waals surface area (Å²) in [6.07, 6.45) is 0. The molecule has 0 fully saturated rings. The number of rotatable bonds is 2. The molecule has 17 heavy (non-hydrogen) atoms. The molecule has 0 radical (unpaired) electrons. The van der Waals surface area contributed by atoms with Gasteiger partial charge in [-0.3, -0.25) is 4.79 Å². The molecule has 1 N–H and O–H groups in total. The van der Waals surface area contributed by atoms with Crippen molar-refractivity contribution in [2.45, 2.75) is 0 Å². The van der Waals surface area contributed by atoms with E-state index in [1.165, 1.54) is 11.3 Å². The van der Waals surface area contributed by atoms with E-state index in [1.54, 1.807) is 29.6 Å². The average molecular weight is 398 g/mol. The number of thiophene rings is 1. The molecule has 0 bridgehead atoms. The highest BCUT2D eigenvalue weighted by Gasteiger charge is 2.13. The highest BCUT2D eigenvalue weighted by Crippen LogP contribution is 2.26. The first-order chi connectivity index (χ1) is 8.08. The Morgan fingerprint density at radius 1 is 1.29 bits per heavy atom. The second-order valence-electron chi connectivity index (χ2n) is 3.18. The zero-order valence-corrected chi connectivity index (χ0v) is 12.8. The number of benzene rings is 1. The van der Waals surface area contributed by atoms with Crippen LogP contribution in [0.5, 0.6) is 0 Å². The number of anilines is 1. The van der Waals surface area contributed by atoms with Crippen molar-refractivity contribution < 1.29 is 4.79 Å². The fourth-order valence-corrected chi connectivity index (χ4v) is 3.27. The lowest BCUT2D eigenvalue weighted by Gasteiger charge is -2.06. The number of hydrogen-bond donors (Lipinski definition) is 1. The Balaban J connectivity index is 2.22. The number of halogens is 3.